The van der Waals surface area contributed by atoms with Gasteiger partial charge in [0.05, 0.1) is 20.8 Å². The number of carbonyl (C=O) groups excluding carboxylic acids is 1. The highest BCUT2D eigenvalue weighted by molar-refractivity contribution is 5.66. The summed E-state index contributed by atoms with van der Waals surface area (Å²) in [6.45, 7) is 3.65. The van der Waals surface area contributed by atoms with Crippen LogP contribution in [-0.4, -0.2) is 45.0 Å². The second kappa shape index (κ2) is 7.40. The van der Waals surface area contributed by atoms with Crippen LogP contribution in [0.25, 0.3) is 0 Å². The van der Waals surface area contributed by atoms with Crippen LogP contribution >= 0.6 is 0 Å². The Kier molecular flexibility index (Phi) is 4.70. The Morgan fingerprint density at radius 2 is 1.93 bits per heavy atom. The summed E-state index contributed by atoms with van der Waals surface area (Å²) in [5.41, 5.74) is 4.71. The van der Waals surface area contributed by atoms with Crippen molar-refractivity contribution in [3.05, 3.63) is 46.5 Å². The van der Waals surface area contributed by atoms with Crippen molar-refractivity contribution in [2.24, 2.45) is 0 Å². The third-order valence-corrected chi connectivity index (χ3v) is 6.31. The fourth-order valence-corrected chi connectivity index (χ4v) is 4.99. The van der Waals surface area contributed by atoms with Gasteiger partial charge < -0.3 is 23.7 Å². The van der Waals surface area contributed by atoms with Crippen LogP contribution in [0, 0.1) is 0 Å². The Hall–Kier alpha value is -2.93. The quantitative estimate of drug-likeness (QED) is 0.716. The average Bonchev–Trinajstić information content (AvgIpc) is 3.24. The van der Waals surface area contributed by atoms with Crippen molar-refractivity contribution in [2.45, 2.75) is 31.8 Å². The molecule has 0 N–H and O–H groups in total. The molecular formula is C23H25NO6. The fraction of sp³-hybridized carbons (Fsp3) is 0.435. The van der Waals surface area contributed by atoms with Crippen LogP contribution < -0.4 is 18.9 Å². The molecule has 0 saturated heterocycles. The van der Waals surface area contributed by atoms with E-state index in [-0.39, 0.29) is 24.7 Å². The molecule has 5 rings (SSSR count). The number of rotatable bonds is 4. The monoisotopic (exact) mass is 411 g/mol. The standard InChI is InChI=1S/C23H25NO6/c1-13(25)28-11-18-15-4-5-19-23(30-12-29-19)17(15)10-24-7-6-14-8-20(26-2)21(27-3)9-16(14)22(18)24/h4-5,8-9,18,22H,6-7,10-12H2,1-3H3/t18-,22-/m0/s1. The van der Waals surface area contributed by atoms with Crippen molar-refractivity contribution in [3.63, 3.8) is 0 Å². The lowest BCUT2D eigenvalue weighted by Gasteiger charge is -2.46. The molecule has 0 saturated carbocycles. The number of ether oxygens (including phenoxy) is 5. The molecule has 158 valence electrons. The zero-order chi connectivity index (χ0) is 20.8. The van der Waals surface area contributed by atoms with Gasteiger partial charge in [-0.25, -0.2) is 0 Å². The summed E-state index contributed by atoms with van der Waals surface area (Å²) in [6, 6.07) is 8.26. The molecule has 3 heterocycles. The Bertz CT molecular complexity index is 1000. The minimum atomic E-state index is -0.280. The van der Waals surface area contributed by atoms with E-state index in [1.54, 1.807) is 14.2 Å². The van der Waals surface area contributed by atoms with E-state index in [0.29, 0.717) is 12.4 Å². The molecule has 3 aliphatic heterocycles. The van der Waals surface area contributed by atoms with E-state index in [0.717, 1.165) is 47.9 Å². The van der Waals surface area contributed by atoms with E-state index in [1.165, 1.54) is 18.1 Å². The summed E-state index contributed by atoms with van der Waals surface area (Å²) in [4.78, 5) is 14.1. The SMILES string of the molecule is COc1cc2c(cc1OC)[C@H]1[C@@H](COC(C)=O)c3ccc4c(c3CN1CC2)OCO4. The zero-order valence-corrected chi connectivity index (χ0v) is 17.4. The Morgan fingerprint density at radius 3 is 2.70 bits per heavy atom. The highest BCUT2D eigenvalue weighted by atomic mass is 16.7. The summed E-state index contributed by atoms with van der Waals surface area (Å²) < 4.78 is 28.0. The molecule has 0 bridgehead atoms. The molecule has 2 aromatic rings. The van der Waals surface area contributed by atoms with E-state index < -0.39 is 0 Å². The van der Waals surface area contributed by atoms with Gasteiger partial charge in [-0.05, 0) is 41.3 Å². The maximum absolute atomic E-state index is 11.7. The van der Waals surface area contributed by atoms with Gasteiger partial charge in [-0.2, -0.15) is 0 Å². The van der Waals surface area contributed by atoms with Crippen molar-refractivity contribution >= 4 is 5.97 Å². The highest BCUT2D eigenvalue weighted by Crippen LogP contribution is 2.52. The van der Waals surface area contributed by atoms with Gasteiger partial charge in [0.15, 0.2) is 23.0 Å². The van der Waals surface area contributed by atoms with Gasteiger partial charge >= 0.3 is 5.97 Å². The number of esters is 1. The number of benzene rings is 2. The molecule has 0 unspecified atom stereocenters. The maximum atomic E-state index is 11.7. The topological polar surface area (TPSA) is 66.5 Å². The second-order valence-corrected chi connectivity index (χ2v) is 7.85. The van der Waals surface area contributed by atoms with Crippen molar-refractivity contribution in [1.82, 2.24) is 4.90 Å². The van der Waals surface area contributed by atoms with E-state index in [2.05, 4.69) is 23.1 Å². The first-order valence-electron chi connectivity index (χ1n) is 10.1. The first-order valence-corrected chi connectivity index (χ1v) is 10.1. The second-order valence-electron chi connectivity index (χ2n) is 7.85. The number of hydrogen-bond donors (Lipinski definition) is 0. The van der Waals surface area contributed by atoms with E-state index in [4.69, 9.17) is 23.7 Å². The third kappa shape index (κ3) is 2.96. The lowest BCUT2D eigenvalue weighted by atomic mass is 9.76. The normalized spacial score (nSPS) is 21.3. The molecule has 2 aromatic carbocycles. The fourth-order valence-electron chi connectivity index (χ4n) is 4.99. The predicted octanol–water partition coefficient (Wildman–Crippen LogP) is 3.19. The van der Waals surface area contributed by atoms with Crippen molar-refractivity contribution in [3.8, 4) is 23.0 Å². The first-order chi connectivity index (χ1) is 14.6. The molecule has 0 amide bonds. The molecule has 3 aliphatic rings. The Labute approximate surface area is 175 Å². The average molecular weight is 411 g/mol. The van der Waals surface area contributed by atoms with Crippen molar-refractivity contribution in [1.29, 1.82) is 0 Å². The summed E-state index contributed by atoms with van der Waals surface area (Å²) in [7, 11) is 3.31. The molecule has 0 fully saturated rings. The van der Waals surface area contributed by atoms with Gasteiger partial charge in [0.1, 0.15) is 0 Å². The van der Waals surface area contributed by atoms with Gasteiger partial charge in [-0.1, -0.05) is 6.07 Å². The number of carbonyl (C=O) groups is 1. The largest absolute Gasteiger partial charge is 0.493 e. The number of fused-ring (bicyclic) bond motifs is 6. The summed E-state index contributed by atoms with van der Waals surface area (Å²) in [5.74, 6) is 2.74. The summed E-state index contributed by atoms with van der Waals surface area (Å²) in [5, 5.41) is 0. The van der Waals surface area contributed by atoms with Crippen LogP contribution in [0.5, 0.6) is 23.0 Å². The van der Waals surface area contributed by atoms with Crippen LogP contribution in [-0.2, 0) is 22.5 Å². The van der Waals surface area contributed by atoms with Crippen LogP contribution in [0.1, 0.15) is 41.1 Å². The van der Waals surface area contributed by atoms with Crippen molar-refractivity contribution in [2.75, 3.05) is 34.2 Å². The smallest absolute Gasteiger partial charge is 0.302 e. The lowest BCUT2D eigenvalue weighted by Crippen LogP contribution is -2.43. The van der Waals surface area contributed by atoms with Crippen LogP contribution in [0.15, 0.2) is 24.3 Å². The molecule has 2 atom stereocenters. The minimum absolute atomic E-state index is 0.0238. The van der Waals surface area contributed by atoms with Gasteiger partial charge in [-0.15, -0.1) is 0 Å². The van der Waals surface area contributed by atoms with Crippen LogP contribution in [0.3, 0.4) is 0 Å². The molecule has 0 radical (unpaired) electrons. The van der Waals surface area contributed by atoms with Crippen molar-refractivity contribution < 1.29 is 28.5 Å². The Balaban J connectivity index is 1.64. The highest BCUT2D eigenvalue weighted by Gasteiger charge is 2.42. The summed E-state index contributed by atoms with van der Waals surface area (Å²) in [6.07, 6.45) is 0.911. The number of hydrogen-bond acceptors (Lipinski definition) is 7. The molecular weight excluding hydrogens is 386 g/mol. The van der Waals surface area contributed by atoms with Crippen LogP contribution in [0.2, 0.25) is 0 Å². The molecule has 0 spiro atoms. The zero-order valence-electron chi connectivity index (χ0n) is 17.4. The van der Waals surface area contributed by atoms with E-state index >= 15 is 0 Å². The Morgan fingerprint density at radius 1 is 1.13 bits per heavy atom. The van der Waals surface area contributed by atoms with Gasteiger partial charge in [-0.3, -0.25) is 9.69 Å². The molecule has 7 heteroatoms. The summed E-state index contributed by atoms with van der Waals surface area (Å²) >= 11 is 0. The van der Waals surface area contributed by atoms with Gasteiger partial charge in [0, 0.05) is 37.5 Å². The maximum Gasteiger partial charge on any atom is 0.302 e. The molecule has 0 aromatic heterocycles. The van der Waals surface area contributed by atoms with Gasteiger partial charge in [0.25, 0.3) is 0 Å². The number of methoxy groups -OCH3 is 2. The predicted molar refractivity (Wildman–Crippen MR) is 108 cm³/mol. The molecule has 7 nitrogen and oxygen atoms in total. The first kappa shape index (κ1) is 19.1. The van der Waals surface area contributed by atoms with E-state index in [1.807, 2.05) is 6.07 Å². The van der Waals surface area contributed by atoms with E-state index in [9.17, 15) is 4.79 Å². The molecule has 30 heavy (non-hydrogen) atoms. The third-order valence-electron chi connectivity index (χ3n) is 6.31. The van der Waals surface area contributed by atoms with Gasteiger partial charge in [0.2, 0.25) is 6.79 Å². The molecule has 0 aliphatic carbocycles. The lowest BCUT2D eigenvalue weighted by molar-refractivity contribution is -0.142. The minimum Gasteiger partial charge on any atom is -0.493 e. The van der Waals surface area contributed by atoms with Crippen LogP contribution in [0.4, 0.5) is 0 Å². The number of nitrogens with zero attached hydrogens (tertiary/aromatic N) is 1.